The van der Waals surface area contributed by atoms with Crippen LogP contribution in [0.4, 0.5) is 0 Å². The molecule has 0 spiro atoms. The van der Waals surface area contributed by atoms with E-state index in [0.717, 1.165) is 77.9 Å². The summed E-state index contributed by atoms with van der Waals surface area (Å²) in [5.74, 6) is -1.42. The zero-order valence-electron chi connectivity index (χ0n) is 39.6. The van der Waals surface area contributed by atoms with Crippen molar-refractivity contribution in [1.29, 1.82) is 0 Å². The molecule has 0 unspecified atom stereocenters. The lowest BCUT2D eigenvalue weighted by molar-refractivity contribution is 0.0517. The Morgan fingerprint density at radius 3 is 0.486 bits per heavy atom. The predicted octanol–water partition coefficient (Wildman–Crippen LogP) is 14.1. The lowest BCUT2D eigenvalue weighted by Crippen LogP contribution is -2.04. The largest absolute Gasteiger partial charge is 0.462 e. The number of carbonyl (C=O) groups is 4. The van der Waals surface area contributed by atoms with Crippen LogP contribution in [0, 0.1) is 0 Å². The highest BCUT2D eigenvalue weighted by Crippen LogP contribution is 2.40. The lowest BCUT2D eigenvalue weighted by Gasteiger charge is -2.20. The third kappa shape index (κ3) is 11.0. The van der Waals surface area contributed by atoms with Gasteiger partial charge in [-0.15, -0.1) is 0 Å². The van der Waals surface area contributed by atoms with E-state index in [1.165, 1.54) is 0 Å². The molecule has 0 aromatic heterocycles. The molecule has 8 aromatic rings. The number of benzene rings is 8. The van der Waals surface area contributed by atoms with Gasteiger partial charge in [0.25, 0.3) is 0 Å². The van der Waals surface area contributed by atoms with Crippen molar-refractivity contribution in [2.45, 2.75) is 27.7 Å². The third-order valence-corrected chi connectivity index (χ3v) is 11.9. The minimum Gasteiger partial charge on any atom is -0.462 e. The highest BCUT2D eigenvalue weighted by Gasteiger charge is 2.19. The maximum absolute atomic E-state index is 12.4. The first-order valence-electron chi connectivity index (χ1n) is 23.4. The van der Waals surface area contributed by atoms with Gasteiger partial charge in [-0.3, -0.25) is 0 Å². The quantitative estimate of drug-likeness (QED) is 0.0536. The molecule has 0 amide bonds. The first kappa shape index (κ1) is 47.9. The van der Waals surface area contributed by atoms with Crippen LogP contribution in [-0.2, 0) is 18.9 Å². The predicted molar refractivity (Wildman–Crippen MR) is 276 cm³/mol. The number of esters is 4. The van der Waals surface area contributed by atoms with Gasteiger partial charge in [-0.2, -0.15) is 0 Å². The molecule has 0 N–H and O–H groups in total. The maximum Gasteiger partial charge on any atom is 0.338 e. The Bertz CT molecular complexity index is 2680. The maximum atomic E-state index is 12.4. The minimum absolute atomic E-state index is 0.305. The van der Waals surface area contributed by atoms with E-state index < -0.39 is 0 Å². The second-order valence-corrected chi connectivity index (χ2v) is 16.3. The zero-order chi connectivity index (χ0) is 49.0. The first-order valence-corrected chi connectivity index (χ1v) is 23.4. The van der Waals surface area contributed by atoms with Gasteiger partial charge in [-0.1, -0.05) is 146 Å². The molecule has 0 saturated heterocycles. The molecule has 8 nitrogen and oxygen atoms in total. The second kappa shape index (κ2) is 22.5. The molecular formula is C62H52O8. The lowest BCUT2D eigenvalue weighted by atomic mass is 9.84. The van der Waals surface area contributed by atoms with Crippen LogP contribution in [0.3, 0.4) is 0 Å². The molecule has 8 rings (SSSR count). The Kier molecular flexibility index (Phi) is 15.3. The van der Waals surface area contributed by atoms with E-state index in [2.05, 4.69) is 97.1 Å². The summed E-state index contributed by atoms with van der Waals surface area (Å²) in [6.45, 7) is 8.38. The van der Waals surface area contributed by atoms with Crippen molar-refractivity contribution in [3.8, 4) is 44.5 Å². The van der Waals surface area contributed by atoms with Crippen LogP contribution in [0.15, 0.2) is 194 Å². The van der Waals surface area contributed by atoms with Crippen molar-refractivity contribution in [2.24, 2.45) is 0 Å². The number of carbonyl (C=O) groups excluding carboxylic acids is 4. The number of rotatable bonds is 16. The molecule has 0 aliphatic heterocycles. The van der Waals surface area contributed by atoms with Gasteiger partial charge in [0, 0.05) is 0 Å². The SMILES string of the molecule is CCOC(=O)c1ccc(-c2ccc(C(=C(c3ccc(-c4ccc(C(=O)OCC)cc4)cc3)c3ccc(-c4ccc(C(=O)OCC)cc4)cc3)c3ccc(-c4ccc(C(=O)OCC)cc4)cc3)cc2)cc1. The van der Waals surface area contributed by atoms with Gasteiger partial charge in [0.15, 0.2) is 0 Å². The van der Waals surface area contributed by atoms with Crippen LogP contribution in [0.25, 0.3) is 55.7 Å². The average Bonchev–Trinajstić information content (AvgIpc) is 3.41. The van der Waals surface area contributed by atoms with Crippen molar-refractivity contribution in [3.63, 3.8) is 0 Å². The molecule has 70 heavy (non-hydrogen) atoms. The van der Waals surface area contributed by atoms with E-state index in [-0.39, 0.29) is 23.9 Å². The van der Waals surface area contributed by atoms with Gasteiger partial charge in [-0.05, 0) is 154 Å². The van der Waals surface area contributed by atoms with E-state index >= 15 is 0 Å². The molecular weight excluding hydrogens is 873 g/mol. The third-order valence-electron chi connectivity index (χ3n) is 11.9. The molecule has 0 atom stereocenters. The minimum atomic E-state index is -0.355. The van der Waals surface area contributed by atoms with E-state index in [9.17, 15) is 19.2 Å². The molecule has 8 heteroatoms. The number of hydrogen-bond donors (Lipinski definition) is 0. The van der Waals surface area contributed by atoms with Gasteiger partial charge < -0.3 is 18.9 Å². The number of ether oxygens (including phenoxy) is 4. The first-order chi connectivity index (χ1) is 34.2. The fourth-order valence-corrected chi connectivity index (χ4v) is 8.28. The Labute approximate surface area is 408 Å². The van der Waals surface area contributed by atoms with Gasteiger partial charge in [0.05, 0.1) is 48.7 Å². The molecule has 0 fully saturated rings. The van der Waals surface area contributed by atoms with Crippen LogP contribution in [0.1, 0.15) is 91.4 Å². The van der Waals surface area contributed by atoms with Gasteiger partial charge in [-0.25, -0.2) is 19.2 Å². The molecule has 0 saturated carbocycles. The molecule has 0 aliphatic carbocycles. The van der Waals surface area contributed by atoms with Gasteiger partial charge in [0.2, 0.25) is 0 Å². The van der Waals surface area contributed by atoms with Crippen molar-refractivity contribution in [1.82, 2.24) is 0 Å². The monoisotopic (exact) mass is 924 g/mol. The molecule has 0 heterocycles. The number of hydrogen-bond acceptors (Lipinski definition) is 8. The summed E-state index contributed by atoms with van der Waals surface area (Å²) < 4.78 is 20.8. The topological polar surface area (TPSA) is 105 Å². The average molecular weight is 925 g/mol. The Morgan fingerprint density at radius 2 is 0.357 bits per heavy atom. The fraction of sp³-hybridized carbons (Fsp3) is 0.129. The summed E-state index contributed by atoms with van der Waals surface area (Å²) in [6.07, 6.45) is 0. The second-order valence-electron chi connectivity index (χ2n) is 16.3. The van der Waals surface area contributed by atoms with Crippen molar-refractivity contribution in [3.05, 3.63) is 239 Å². The van der Waals surface area contributed by atoms with Crippen molar-refractivity contribution < 1.29 is 38.1 Å². The van der Waals surface area contributed by atoms with Crippen LogP contribution in [-0.4, -0.2) is 50.3 Å². The molecule has 348 valence electrons. The molecule has 8 aromatic carbocycles. The summed E-state index contributed by atoms with van der Waals surface area (Å²) in [7, 11) is 0. The Morgan fingerprint density at radius 1 is 0.229 bits per heavy atom. The molecule has 0 radical (unpaired) electrons. The zero-order valence-corrected chi connectivity index (χ0v) is 39.6. The van der Waals surface area contributed by atoms with E-state index in [4.69, 9.17) is 18.9 Å². The molecule has 0 bridgehead atoms. The van der Waals surface area contributed by atoms with E-state index in [1.54, 1.807) is 76.2 Å². The van der Waals surface area contributed by atoms with Crippen LogP contribution in [0.5, 0.6) is 0 Å². The molecule has 0 aliphatic rings. The highest BCUT2D eigenvalue weighted by molar-refractivity contribution is 6.05. The van der Waals surface area contributed by atoms with E-state index in [0.29, 0.717) is 48.7 Å². The van der Waals surface area contributed by atoms with Crippen LogP contribution < -0.4 is 0 Å². The van der Waals surface area contributed by atoms with Crippen LogP contribution in [0.2, 0.25) is 0 Å². The van der Waals surface area contributed by atoms with Gasteiger partial charge in [0.1, 0.15) is 0 Å². The summed E-state index contributed by atoms with van der Waals surface area (Å²) in [5, 5.41) is 0. The van der Waals surface area contributed by atoms with Crippen LogP contribution >= 0.6 is 0 Å². The highest BCUT2D eigenvalue weighted by atomic mass is 16.5. The van der Waals surface area contributed by atoms with Crippen molar-refractivity contribution >= 4 is 35.0 Å². The Balaban J connectivity index is 1.26. The summed E-state index contributed by atoms with van der Waals surface area (Å²) in [4.78, 5) is 49.7. The summed E-state index contributed by atoms with van der Waals surface area (Å²) in [6, 6.07) is 63.5. The van der Waals surface area contributed by atoms with Gasteiger partial charge >= 0.3 is 23.9 Å². The smallest absolute Gasteiger partial charge is 0.338 e. The summed E-state index contributed by atoms with van der Waals surface area (Å²) >= 11 is 0. The van der Waals surface area contributed by atoms with Crippen molar-refractivity contribution in [2.75, 3.05) is 26.4 Å². The normalized spacial score (nSPS) is 10.7. The fourth-order valence-electron chi connectivity index (χ4n) is 8.28. The summed E-state index contributed by atoms with van der Waals surface area (Å²) in [5.41, 5.74) is 15.6. The Hall–Kier alpha value is -8.62. The standard InChI is InChI=1S/C62H52O8/c1-5-67-59(63)53-33-17-45(18-34-53)41-9-25-49(26-10-41)57(50-27-11-42(12-28-50)46-19-35-54(36-20-46)60(64)68-6-2)58(51-29-13-43(14-30-51)47-21-37-55(38-22-47)61(65)69-7-3)52-31-15-44(16-32-52)48-23-39-56(40-24-48)62(66)70-8-4/h9-40H,5-8H2,1-4H3. The van der Waals surface area contributed by atoms with E-state index in [1.807, 2.05) is 48.5 Å².